The maximum atomic E-state index is 12.8. The molecule has 0 spiro atoms. The van der Waals surface area contributed by atoms with Crippen molar-refractivity contribution in [1.82, 2.24) is 15.1 Å². The van der Waals surface area contributed by atoms with Gasteiger partial charge in [-0.3, -0.25) is 0 Å². The minimum Gasteiger partial charge on any atom is -0.493 e. The van der Waals surface area contributed by atoms with Gasteiger partial charge in [0.25, 0.3) is 0 Å². The average Bonchev–Trinajstić information content (AvgIpc) is 3.13. The Balaban J connectivity index is 1.73. The number of likely N-dealkylation sites (tertiary alicyclic amines) is 1. The molecule has 1 unspecified atom stereocenters. The number of benzene rings is 1. The van der Waals surface area contributed by atoms with Gasteiger partial charge in [0.1, 0.15) is 10.0 Å². The highest BCUT2D eigenvalue weighted by molar-refractivity contribution is 7.11. The molecule has 1 saturated heterocycles. The molecule has 1 aliphatic heterocycles. The van der Waals surface area contributed by atoms with Crippen LogP contribution in [0, 0.1) is 6.92 Å². The van der Waals surface area contributed by atoms with E-state index < -0.39 is 0 Å². The van der Waals surface area contributed by atoms with E-state index in [1.165, 1.54) is 0 Å². The van der Waals surface area contributed by atoms with E-state index >= 15 is 0 Å². The lowest BCUT2D eigenvalue weighted by atomic mass is 9.99. The van der Waals surface area contributed by atoms with Crippen LogP contribution in [0.15, 0.2) is 12.1 Å². The van der Waals surface area contributed by atoms with E-state index in [-0.39, 0.29) is 11.9 Å². The Bertz CT molecular complexity index is 785. The van der Waals surface area contributed by atoms with Crippen LogP contribution < -0.4 is 19.5 Å². The molecule has 3 rings (SSSR count). The normalized spacial score (nSPS) is 16.7. The third-order valence-electron chi connectivity index (χ3n) is 4.52. The Morgan fingerprint density at radius 3 is 2.44 bits per heavy atom. The van der Waals surface area contributed by atoms with Crippen molar-refractivity contribution in [2.45, 2.75) is 25.7 Å². The molecule has 27 heavy (non-hydrogen) atoms. The second-order valence-corrected chi connectivity index (χ2v) is 7.50. The molecule has 0 radical (unpaired) electrons. The number of methoxy groups -OCH3 is 3. The van der Waals surface area contributed by atoms with Crippen molar-refractivity contribution in [2.24, 2.45) is 0 Å². The highest BCUT2D eigenvalue weighted by atomic mass is 32.1. The fourth-order valence-electron chi connectivity index (χ4n) is 3.20. The summed E-state index contributed by atoms with van der Waals surface area (Å²) in [6.07, 6.45) is 1.95. The van der Waals surface area contributed by atoms with Gasteiger partial charge in [0.2, 0.25) is 5.75 Å². The van der Waals surface area contributed by atoms with Crippen LogP contribution in [0.3, 0.4) is 0 Å². The molecular weight excluding hydrogens is 368 g/mol. The summed E-state index contributed by atoms with van der Waals surface area (Å²) in [6.45, 7) is 3.29. The highest BCUT2D eigenvalue weighted by Gasteiger charge is 2.27. The van der Waals surface area contributed by atoms with Crippen LogP contribution >= 0.6 is 11.3 Å². The Kier molecular flexibility index (Phi) is 6.00. The molecular formula is C18H24N4O4S. The number of hydrogen-bond acceptors (Lipinski definition) is 7. The molecule has 9 heteroatoms. The van der Waals surface area contributed by atoms with Crippen molar-refractivity contribution >= 4 is 23.1 Å². The van der Waals surface area contributed by atoms with Crippen molar-refractivity contribution in [3.05, 3.63) is 22.1 Å². The summed E-state index contributed by atoms with van der Waals surface area (Å²) in [4.78, 5) is 14.6. The van der Waals surface area contributed by atoms with E-state index in [1.807, 2.05) is 11.8 Å². The second kappa shape index (κ2) is 8.43. The maximum absolute atomic E-state index is 12.8. The molecule has 0 bridgehead atoms. The van der Waals surface area contributed by atoms with Crippen molar-refractivity contribution in [3.8, 4) is 17.2 Å². The van der Waals surface area contributed by atoms with E-state index in [0.717, 1.165) is 22.9 Å². The molecule has 0 aliphatic carbocycles. The Morgan fingerprint density at radius 1 is 1.19 bits per heavy atom. The van der Waals surface area contributed by atoms with Gasteiger partial charge >= 0.3 is 6.03 Å². The molecule has 2 aromatic rings. The Labute approximate surface area is 162 Å². The number of hydrogen-bond donors (Lipinski definition) is 1. The van der Waals surface area contributed by atoms with Crippen molar-refractivity contribution in [2.75, 3.05) is 39.7 Å². The zero-order chi connectivity index (χ0) is 19.4. The zero-order valence-electron chi connectivity index (χ0n) is 15.9. The van der Waals surface area contributed by atoms with Gasteiger partial charge in [-0.05, 0) is 19.8 Å². The topological polar surface area (TPSA) is 85.8 Å². The molecule has 0 saturated carbocycles. The summed E-state index contributed by atoms with van der Waals surface area (Å²) in [6, 6.07) is 3.28. The number of nitrogens with one attached hydrogen (secondary N) is 1. The monoisotopic (exact) mass is 392 g/mol. The largest absolute Gasteiger partial charge is 0.493 e. The molecule has 2 amide bonds. The van der Waals surface area contributed by atoms with Crippen LogP contribution in [0.5, 0.6) is 17.2 Å². The van der Waals surface area contributed by atoms with Gasteiger partial charge < -0.3 is 24.4 Å². The third kappa shape index (κ3) is 4.24. The lowest BCUT2D eigenvalue weighted by molar-refractivity contribution is 0.192. The van der Waals surface area contributed by atoms with Gasteiger partial charge in [-0.1, -0.05) is 0 Å². The molecule has 8 nitrogen and oxygen atoms in total. The highest BCUT2D eigenvalue weighted by Crippen LogP contribution is 2.40. The maximum Gasteiger partial charge on any atom is 0.321 e. The summed E-state index contributed by atoms with van der Waals surface area (Å²) >= 11 is 1.60. The number of aryl methyl sites for hydroxylation is 1. The van der Waals surface area contributed by atoms with Gasteiger partial charge in [-0.25, -0.2) is 4.79 Å². The molecule has 1 aromatic heterocycles. The number of piperidine rings is 1. The van der Waals surface area contributed by atoms with Gasteiger partial charge in [-0.2, -0.15) is 0 Å². The van der Waals surface area contributed by atoms with Crippen LogP contribution in [0.1, 0.15) is 28.8 Å². The number of rotatable bonds is 5. The Morgan fingerprint density at radius 2 is 1.89 bits per heavy atom. The number of ether oxygens (including phenoxy) is 3. The van der Waals surface area contributed by atoms with Crippen molar-refractivity contribution < 1.29 is 19.0 Å². The first-order chi connectivity index (χ1) is 13.0. The van der Waals surface area contributed by atoms with Crippen LogP contribution in [-0.2, 0) is 0 Å². The molecule has 1 fully saturated rings. The van der Waals surface area contributed by atoms with Gasteiger partial charge in [-0.15, -0.1) is 21.5 Å². The number of carbonyl (C=O) groups excluding carboxylic acids is 1. The zero-order valence-corrected chi connectivity index (χ0v) is 16.8. The van der Waals surface area contributed by atoms with Crippen molar-refractivity contribution in [1.29, 1.82) is 0 Å². The summed E-state index contributed by atoms with van der Waals surface area (Å²) in [5, 5.41) is 13.2. The van der Waals surface area contributed by atoms with Gasteiger partial charge in [0, 0.05) is 31.1 Å². The smallest absolute Gasteiger partial charge is 0.321 e. The van der Waals surface area contributed by atoms with Crippen LogP contribution in [0.25, 0.3) is 0 Å². The first-order valence-corrected chi connectivity index (χ1v) is 9.53. The quantitative estimate of drug-likeness (QED) is 0.840. The third-order valence-corrected chi connectivity index (χ3v) is 5.52. The summed E-state index contributed by atoms with van der Waals surface area (Å²) in [5.41, 5.74) is 0.586. The molecule has 1 N–H and O–H groups in total. The SMILES string of the molecule is COc1cc(NC(=O)N2CCCC(c3nnc(C)s3)C2)cc(OC)c1OC. The van der Waals surface area contributed by atoms with Crippen molar-refractivity contribution in [3.63, 3.8) is 0 Å². The first kappa shape index (κ1) is 19.2. The number of anilines is 1. The van der Waals surface area contributed by atoms with E-state index in [1.54, 1.807) is 44.8 Å². The molecule has 2 heterocycles. The lowest BCUT2D eigenvalue weighted by Crippen LogP contribution is -2.41. The number of urea groups is 1. The Hall–Kier alpha value is -2.55. The number of nitrogens with zero attached hydrogens (tertiary/aromatic N) is 3. The average molecular weight is 392 g/mol. The molecule has 146 valence electrons. The summed E-state index contributed by atoms with van der Waals surface area (Å²) < 4.78 is 16.0. The van der Waals surface area contributed by atoms with Gasteiger partial charge in [0.05, 0.1) is 27.0 Å². The number of carbonyl (C=O) groups is 1. The minimum absolute atomic E-state index is 0.157. The summed E-state index contributed by atoms with van der Waals surface area (Å²) in [7, 11) is 4.63. The minimum atomic E-state index is -0.157. The van der Waals surface area contributed by atoms with E-state index in [9.17, 15) is 4.79 Å². The van der Waals surface area contributed by atoms with Gasteiger partial charge in [0.15, 0.2) is 11.5 Å². The van der Waals surface area contributed by atoms with E-state index in [4.69, 9.17) is 14.2 Å². The fraction of sp³-hybridized carbons (Fsp3) is 0.500. The number of aromatic nitrogens is 2. The molecule has 1 atom stereocenters. The van der Waals surface area contributed by atoms with Crippen LogP contribution in [-0.4, -0.2) is 55.5 Å². The summed E-state index contributed by atoms with van der Waals surface area (Å²) in [5.74, 6) is 1.71. The molecule has 1 aliphatic rings. The predicted octanol–water partition coefficient (Wildman–Crippen LogP) is 3.28. The second-order valence-electron chi connectivity index (χ2n) is 6.29. The van der Waals surface area contributed by atoms with Crippen LogP contribution in [0.2, 0.25) is 0 Å². The predicted molar refractivity (Wildman–Crippen MR) is 103 cm³/mol. The van der Waals surface area contributed by atoms with E-state index in [0.29, 0.717) is 36.0 Å². The fourth-order valence-corrected chi connectivity index (χ4v) is 4.02. The lowest BCUT2D eigenvalue weighted by Gasteiger charge is -2.31. The molecule has 1 aromatic carbocycles. The van der Waals surface area contributed by atoms with E-state index in [2.05, 4.69) is 15.5 Å². The number of amides is 2. The van der Waals surface area contributed by atoms with Crippen LogP contribution in [0.4, 0.5) is 10.5 Å². The standard InChI is InChI=1S/C18H24N4O4S/c1-11-20-21-17(27-11)12-6-5-7-22(10-12)18(23)19-13-8-14(24-2)16(26-4)15(9-13)25-3/h8-9,12H,5-7,10H2,1-4H3,(H,19,23). The first-order valence-electron chi connectivity index (χ1n) is 8.71.